The zero-order valence-electron chi connectivity index (χ0n) is 7.53. The van der Waals surface area contributed by atoms with E-state index in [1.54, 1.807) is 0 Å². The summed E-state index contributed by atoms with van der Waals surface area (Å²) in [6.45, 7) is 3.33. The van der Waals surface area contributed by atoms with Crippen LogP contribution in [0, 0.1) is 0 Å². The minimum absolute atomic E-state index is 0.00782. The topological polar surface area (TPSA) is 44.5 Å². The first-order valence-electron chi connectivity index (χ1n) is 4.50. The fraction of sp³-hybridized carbons (Fsp3) is 1.00. The van der Waals surface area contributed by atoms with E-state index in [4.69, 9.17) is 23.1 Å². The van der Waals surface area contributed by atoms with Gasteiger partial charge in [0.25, 0.3) is 0 Å². The van der Waals surface area contributed by atoms with Gasteiger partial charge in [-0.25, -0.2) is 0 Å². The first-order valence-corrected chi connectivity index (χ1v) is 4.50. The van der Waals surface area contributed by atoms with Crippen molar-refractivity contribution in [3.63, 3.8) is 0 Å². The van der Waals surface area contributed by atoms with Crippen LogP contribution >= 0.6 is 0 Å². The Hall–Kier alpha value is -0.0551. The molecule has 1 aliphatic heterocycles. The van der Waals surface area contributed by atoms with Crippen LogP contribution in [-0.2, 0) is 9.47 Å². The van der Waals surface area contributed by atoms with E-state index in [2.05, 4.69) is 6.92 Å². The highest BCUT2D eigenvalue weighted by atomic mass is 16.6. The van der Waals surface area contributed by atoms with Crippen molar-refractivity contribution in [2.45, 2.75) is 38.0 Å². The van der Waals surface area contributed by atoms with Crippen LogP contribution in [0.15, 0.2) is 0 Å². The highest BCUT2D eigenvalue weighted by Gasteiger charge is 2.31. The zero-order valence-corrected chi connectivity index (χ0v) is 7.53. The van der Waals surface area contributed by atoms with Crippen LogP contribution < -0.4 is 5.73 Å². The Labute approximate surface area is 75.0 Å². The summed E-state index contributed by atoms with van der Waals surface area (Å²) in [7, 11) is 5.61. The van der Waals surface area contributed by atoms with Crippen LogP contribution in [-0.4, -0.2) is 39.2 Å². The summed E-state index contributed by atoms with van der Waals surface area (Å²) in [4.78, 5) is 0. The molecule has 0 amide bonds. The number of rotatable bonds is 4. The third-order valence-electron chi connectivity index (χ3n) is 2.00. The Bertz CT molecular complexity index is 134. The molecule has 2 N–H and O–H groups in total. The average Bonchev–Trinajstić information content (AvgIpc) is 2.42. The van der Waals surface area contributed by atoms with Gasteiger partial charge in [0.2, 0.25) is 0 Å². The maximum absolute atomic E-state index is 5.61. The van der Waals surface area contributed by atoms with Gasteiger partial charge in [0, 0.05) is 19.2 Å². The summed E-state index contributed by atoms with van der Waals surface area (Å²) in [5.74, 6) is 0. The Balaban J connectivity index is 2.30. The lowest BCUT2D eigenvalue weighted by atomic mass is 9.96. The van der Waals surface area contributed by atoms with Crippen molar-refractivity contribution in [3.05, 3.63) is 0 Å². The number of hydrogen-bond donors (Lipinski definition) is 1. The number of hydrogen-bond acceptors (Lipinski definition) is 3. The third kappa shape index (κ3) is 2.47. The van der Waals surface area contributed by atoms with Crippen molar-refractivity contribution in [1.29, 1.82) is 0 Å². The van der Waals surface area contributed by atoms with E-state index in [0.717, 1.165) is 19.4 Å². The molecule has 1 heterocycles. The van der Waals surface area contributed by atoms with Crippen molar-refractivity contribution < 1.29 is 9.47 Å². The molecule has 0 aromatic carbocycles. The molecule has 1 saturated heterocycles. The van der Waals surface area contributed by atoms with Crippen LogP contribution in [0.25, 0.3) is 0 Å². The summed E-state index contributed by atoms with van der Waals surface area (Å²) in [6, 6.07) is -0.194. The summed E-state index contributed by atoms with van der Waals surface area (Å²) >= 11 is 0. The molecule has 3 nitrogen and oxygen atoms in total. The average molecular weight is 169 g/mol. The lowest BCUT2D eigenvalue weighted by molar-refractivity contribution is -0.00783. The largest absolute Gasteiger partial charge is 0.381 e. The standard InChI is InChI=1S/C8H16BNO2/c1-2-3-11-6-4-8(9)12-7(6)5-10/h6-8H,2-5,10H2,1H3. The Morgan fingerprint density at radius 3 is 3.00 bits per heavy atom. The van der Waals surface area contributed by atoms with E-state index in [1.807, 2.05) is 0 Å². The van der Waals surface area contributed by atoms with Gasteiger partial charge in [0.1, 0.15) is 7.85 Å². The quantitative estimate of drug-likeness (QED) is 0.603. The molecule has 3 unspecified atom stereocenters. The second kappa shape index (κ2) is 4.85. The summed E-state index contributed by atoms with van der Waals surface area (Å²) in [5.41, 5.74) is 5.50. The van der Waals surface area contributed by atoms with Crippen LogP contribution in [0.1, 0.15) is 19.8 Å². The normalized spacial score (nSPS) is 35.7. The lowest BCUT2D eigenvalue weighted by Crippen LogP contribution is -2.32. The van der Waals surface area contributed by atoms with E-state index < -0.39 is 0 Å². The third-order valence-corrected chi connectivity index (χ3v) is 2.00. The van der Waals surface area contributed by atoms with Crippen molar-refractivity contribution >= 4 is 7.85 Å². The minimum Gasteiger partial charge on any atom is -0.381 e. The molecular formula is C8H16BNO2. The molecule has 12 heavy (non-hydrogen) atoms. The zero-order chi connectivity index (χ0) is 8.97. The SMILES string of the molecule is [B]C1CC(OCCC)C(CN)O1. The number of ether oxygens (including phenoxy) is 2. The van der Waals surface area contributed by atoms with E-state index in [-0.39, 0.29) is 18.2 Å². The highest BCUT2D eigenvalue weighted by Crippen LogP contribution is 2.20. The Kier molecular flexibility index (Phi) is 4.05. The molecule has 1 aliphatic rings. The molecule has 0 aromatic heterocycles. The predicted molar refractivity (Wildman–Crippen MR) is 48.1 cm³/mol. The van der Waals surface area contributed by atoms with Crippen LogP contribution in [0.2, 0.25) is 0 Å². The van der Waals surface area contributed by atoms with E-state index >= 15 is 0 Å². The maximum atomic E-state index is 5.61. The molecule has 1 rings (SSSR count). The van der Waals surface area contributed by atoms with Crippen molar-refractivity contribution in [1.82, 2.24) is 0 Å². The first-order chi connectivity index (χ1) is 5.77. The molecule has 0 bridgehead atoms. The highest BCUT2D eigenvalue weighted by molar-refractivity contribution is 6.11. The molecular weight excluding hydrogens is 153 g/mol. The first kappa shape index (κ1) is 10.0. The fourth-order valence-corrected chi connectivity index (χ4v) is 1.40. The molecule has 0 aliphatic carbocycles. The molecule has 0 spiro atoms. The van der Waals surface area contributed by atoms with Gasteiger partial charge in [0.15, 0.2) is 0 Å². The summed E-state index contributed by atoms with van der Waals surface area (Å²) in [5, 5.41) is 0. The molecule has 3 atom stereocenters. The monoisotopic (exact) mass is 169 g/mol. The fourth-order valence-electron chi connectivity index (χ4n) is 1.40. The van der Waals surface area contributed by atoms with Gasteiger partial charge in [-0.3, -0.25) is 0 Å². The smallest absolute Gasteiger partial charge is 0.109 e. The van der Waals surface area contributed by atoms with E-state index in [1.165, 1.54) is 0 Å². The Morgan fingerprint density at radius 1 is 1.67 bits per heavy atom. The molecule has 1 fully saturated rings. The van der Waals surface area contributed by atoms with Crippen molar-refractivity contribution in [3.8, 4) is 0 Å². The summed E-state index contributed by atoms with van der Waals surface area (Å²) in [6.07, 6.45) is 1.88. The van der Waals surface area contributed by atoms with Crippen molar-refractivity contribution in [2.24, 2.45) is 5.73 Å². The van der Waals surface area contributed by atoms with Crippen LogP contribution in [0.5, 0.6) is 0 Å². The van der Waals surface area contributed by atoms with Gasteiger partial charge in [-0.1, -0.05) is 6.92 Å². The van der Waals surface area contributed by atoms with Crippen molar-refractivity contribution in [2.75, 3.05) is 13.2 Å². The maximum Gasteiger partial charge on any atom is 0.109 e. The van der Waals surface area contributed by atoms with E-state index in [0.29, 0.717) is 6.54 Å². The van der Waals surface area contributed by atoms with Gasteiger partial charge in [-0.2, -0.15) is 0 Å². The van der Waals surface area contributed by atoms with Gasteiger partial charge in [-0.05, 0) is 12.8 Å². The predicted octanol–water partition coefficient (Wildman–Crippen LogP) is 0.0238. The molecule has 2 radical (unpaired) electrons. The van der Waals surface area contributed by atoms with Gasteiger partial charge in [0.05, 0.1) is 12.2 Å². The molecule has 4 heteroatoms. The minimum atomic E-state index is -0.194. The number of nitrogens with two attached hydrogens (primary N) is 1. The Morgan fingerprint density at radius 2 is 2.42 bits per heavy atom. The second-order valence-electron chi connectivity index (χ2n) is 3.09. The van der Waals surface area contributed by atoms with Crippen LogP contribution in [0.3, 0.4) is 0 Å². The van der Waals surface area contributed by atoms with Gasteiger partial charge in [-0.15, -0.1) is 0 Å². The molecule has 0 aromatic rings. The second-order valence-corrected chi connectivity index (χ2v) is 3.09. The molecule has 68 valence electrons. The van der Waals surface area contributed by atoms with Gasteiger partial charge < -0.3 is 15.2 Å². The van der Waals surface area contributed by atoms with Gasteiger partial charge >= 0.3 is 0 Å². The summed E-state index contributed by atoms with van der Waals surface area (Å²) < 4.78 is 10.9. The van der Waals surface area contributed by atoms with E-state index in [9.17, 15) is 0 Å². The molecule has 0 saturated carbocycles. The lowest BCUT2D eigenvalue weighted by Gasteiger charge is -2.16. The van der Waals surface area contributed by atoms with Crippen LogP contribution in [0.4, 0.5) is 0 Å².